The van der Waals surface area contributed by atoms with Crippen molar-refractivity contribution in [3.63, 3.8) is 0 Å². The quantitative estimate of drug-likeness (QED) is 0.671. The summed E-state index contributed by atoms with van der Waals surface area (Å²) in [5.74, 6) is -2.37. The van der Waals surface area contributed by atoms with Crippen LogP contribution in [-0.4, -0.2) is 45.0 Å². The third-order valence-electron chi connectivity index (χ3n) is 5.14. The highest BCUT2D eigenvalue weighted by atomic mass is 32.1. The maximum Gasteiger partial charge on any atom is 0.352 e. The molecule has 1 fully saturated rings. The van der Waals surface area contributed by atoms with Crippen LogP contribution in [0.25, 0.3) is 5.57 Å². The number of carboxylic acid groups (broad SMARTS) is 1. The van der Waals surface area contributed by atoms with Crippen LogP contribution >= 0.6 is 11.3 Å². The Morgan fingerprint density at radius 2 is 2.07 bits per heavy atom. The summed E-state index contributed by atoms with van der Waals surface area (Å²) in [5, 5.41) is 24.1. The zero-order valence-electron chi connectivity index (χ0n) is 15.0. The third-order valence-corrected chi connectivity index (χ3v) is 6.01. The summed E-state index contributed by atoms with van der Waals surface area (Å²) in [7, 11) is 0. The first-order chi connectivity index (χ1) is 13.4. The van der Waals surface area contributed by atoms with Crippen LogP contribution < -0.4 is 5.32 Å². The first-order valence-electron chi connectivity index (χ1n) is 8.81. The van der Waals surface area contributed by atoms with Gasteiger partial charge in [0.25, 0.3) is 5.91 Å². The predicted molar refractivity (Wildman–Crippen MR) is 104 cm³/mol. The van der Waals surface area contributed by atoms with Crippen LogP contribution in [-0.2, 0) is 9.59 Å². The van der Waals surface area contributed by atoms with Crippen molar-refractivity contribution in [1.29, 1.82) is 0 Å². The summed E-state index contributed by atoms with van der Waals surface area (Å²) in [5.41, 5.74) is 1.66. The third kappa shape index (κ3) is 2.90. The van der Waals surface area contributed by atoms with Crippen molar-refractivity contribution in [2.24, 2.45) is 5.92 Å². The SMILES string of the molecule is C[C@@H](O)[C@H]1C(=O)N2C(C(=O)O)=C(c3cccc(NC(=O)c4cccs4)c3)C[C@H]12. The van der Waals surface area contributed by atoms with E-state index in [1.54, 1.807) is 43.3 Å². The van der Waals surface area contributed by atoms with E-state index in [9.17, 15) is 24.6 Å². The summed E-state index contributed by atoms with van der Waals surface area (Å²) in [6, 6.07) is 10.1. The Morgan fingerprint density at radius 3 is 2.71 bits per heavy atom. The van der Waals surface area contributed by atoms with Gasteiger partial charge in [-0.1, -0.05) is 18.2 Å². The highest BCUT2D eigenvalue weighted by molar-refractivity contribution is 7.12. The van der Waals surface area contributed by atoms with Crippen LogP contribution in [0.15, 0.2) is 47.5 Å². The smallest absolute Gasteiger partial charge is 0.352 e. The molecule has 7 nitrogen and oxygen atoms in total. The fraction of sp³-hybridized carbons (Fsp3) is 0.250. The number of hydrogen-bond donors (Lipinski definition) is 3. The van der Waals surface area contributed by atoms with Crippen molar-refractivity contribution in [1.82, 2.24) is 4.90 Å². The lowest BCUT2D eigenvalue weighted by atomic mass is 9.82. The Balaban J connectivity index is 1.64. The summed E-state index contributed by atoms with van der Waals surface area (Å²) in [6.45, 7) is 1.54. The van der Waals surface area contributed by atoms with E-state index in [0.29, 0.717) is 28.1 Å². The minimum absolute atomic E-state index is 0.0476. The Kier molecular flexibility index (Phi) is 4.52. The lowest BCUT2D eigenvalue weighted by Gasteiger charge is -2.44. The number of benzene rings is 1. The molecule has 2 aliphatic rings. The van der Waals surface area contributed by atoms with Crippen molar-refractivity contribution < 1.29 is 24.6 Å². The topological polar surface area (TPSA) is 107 Å². The highest BCUT2D eigenvalue weighted by Crippen LogP contribution is 2.47. The highest BCUT2D eigenvalue weighted by Gasteiger charge is 2.56. The van der Waals surface area contributed by atoms with Gasteiger partial charge in [0.2, 0.25) is 5.91 Å². The fourth-order valence-electron chi connectivity index (χ4n) is 3.91. The van der Waals surface area contributed by atoms with Gasteiger partial charge in [-0.2, -0.15) is 0 Å². The number of amides is 2. The molecule has 3 atom stereocenters. The number of nitrogens with one attached hydrogen (secondary N) is 1. The van der Waals surface area contributed by atoms with Crippen molar-refractivity contribution in [2.45, 2.75) is 25.5 Å². The van der Waals surface area contributed by atoms with Gasteiger partial charge in [-0.05, 0) is 48.1 Å². The van der Waals surface area contributed by atoms with Crippen molar-refractivity contribution >= 4 is 40.4 Å². The molecule has 144 valence electrons. The number of aliphatic hydroxyl groups is 1. The van der Waals surface area contributed by atoms with Gasteiger partial charge < -0.3 is 20.4 Å². The molecule has 0 radical (unpaired) electrons. The minimum atomic E-state index is -1.18. The molecule has 8 heteroatoms. The summed E-state index contributed by atoms with van der Waals surface area (Å²) >= 11 is 1.33. The van der Waals surface area contributed by atoms with Gasteiger partial charge in [0.1, 0.15) is 5.70 Å². The van der Waals surface area contributed by atoms with E-state index in [-0.39, 0.29) is 23.6 Å². The number of hydrogen-bond acceptors (Lipinski definition) is 5. The largest absolute Gasteiger partial charge is 0.477 e. The van der Waals surface area contributed by atoms with Crippen LogP contribution in [0.2, 0.25) is 0 Å². The summed E-state index contributed by atoms with van der Waals surface area (Å²) < 4.78 is 0. The molecule has 2 aromatic rings. The molecule has 1 aromatic heterocycles. The molecule has 3 N–H and O–H groups in total. The number of anilines is 1. The van der Waals surface area contributed by atoms with E-state index in [1.807, 2.05) is 5.38 Å². The lowest BCUT2D eigenvalue weighted by molar-refractivity contribution is -0.161. The molecule has 1 aromatic carbocycles. The molecule has 3 heterocycles. The number of aliphatic carboxylic acids is 1. The van der Waals surface area contributed by atoms with E-state index < -0.39 is 18.0 Å². The van der Waals surface area contributed by atoms with E-state index in [0.717, 1.165) is 0 Å². The number of carbonyl (C=O) groups is 3. The molecule has 1 saturated heterocycles. The second-order valence-electron chi connectivity index (χ2n) is 6.89. The molecule has 0 aliphatic carbocycles. The Bertz CT molecular complexity index is 996. The lowest BCUT2D eigenvalue weighted by Crippen LogP contribution is -2.61. The normalized spacial score (nSPS) is 21.9. The van der Waals surface area contributed by atoms with E-state index >= 15 is 0 Å². The number of thiophene rings is 1. The number of β-lactam (4-membered cyclic amide) rings is 1. The van der Waals surface area contributed by atoms with Crippen LogP contribution in [0.3, 0.4) is 0 Å². The summed E-state index contributed by atoms with van der Waals surface area (Å²) in [4.78, 5) is 38.3. The second-order valence-corrected chi connectivity index (χ2v) is 7.84. The van der Waals surface area contributed by atoms with Gasteiger partial charge in [0.15, 0.2) is 0 Å². The second kappa shape index (κ2) is 6.88. The first-order valence-corrected chi connectivity index (χ1v) is 9.69. The predicted octanol–water partition coefficient (Wildman–Crippen LogP) is 2.41. The number of rotatable bonds is 5. The van der Waals surface area contributed by atoms with Crippen LogP contribution in [0.4, 0.5) is 5.69 Å². The van der Waals surface area contributed by atoms with Crippen LogP contribution in [0.1, 0.15) is 28.6 Å². The van der Waals surface area contributed by atoms with E-state index in [1.165, 1.54) is 16.2 Å². The van der Waals surface area contributed by atoms with E-state index in [4.69, 9.17) is 0 Å². The van der Waals surface area contributed by atoms with Crippen LogP contribution in [0.5, 0.6) is 0 Å². The van der Waals surface area contributed by atoms with Gasteiger partial charge in [-0.25, -0.2) is 4.79 Å². The number of aliphatic hydroxyl groups excluding tert-OH is 1. The van der Waals surface area contributed by atoms with Crippen molar-refractivity contribution in [2.75, 3.05) is 5.32 Å². The van der Waals surface area contributed by atoms with Gasteiger partial charge in [-0.3, -0.25) is 9.59 Å². The van der Waals surface area contributed by atoms with E-state index in [2.05, 4.69) is 5.32 Å². The Labute approximate surface area is 164 Å². The molecular weight excluding hydrogens is 380 g/mol. The fourth-order valence-corrected chi connectivity index (χ4v) is 4.53. The molecule has 0 unspecified atom stereocenters. The zero-order valence-corrected chi connectivity index (χ0v) is 15.8. The zero-order chi connectivity index (χ0) is 20.0. The molecule has 0 bridgehead atoms. The molecular formula is C20H18N2O5S. The molecule has 4 rings (SSSR count). The Morgan fingerprint density at radius 1 is 1.29 bits per heavy atom. The monoisotopic (exact) mass is 398 g/mol. The molecule has 2 amide bonds. The number of nitrogens with zero attached hydrogens (tertiary/aromatic N) is 1. The van der Waals surface area contributed by atoms with Crippen LogP contribution in [0, 0.1) is 5.92 Å². The average Bonchev–Trinajstić information content (AvgIpc) is 3.27. The summed E-state index contributed by atoms with van der Waals surface area (Å²) in [6.07, 6.45) is -0.481. The van der Waals surface area contributed by atoms with Gasteiger partial charge >= 0.3 is 5.97 Å². The maximum absolute atomic E-state index is 12.3. The van der Waals surface area contributed by atoms with Gasteiger partial charge in [0.05, 0.1) is 22.9 Å². The standard InChI is InChI=1S/C20H18N2O5S/c1-10(23)16-14-9-13(17(20(26)27)22(14)19(16)25)11-4-2-5-12(8-11)21-18(24)15-6-3-7-28-15/h2-8,10,14,16,23H,9H2,1H3,(H,21,24)(H,26,27)/t10-,14-,16-/m1/s1. The average molecular weight is 398 g/mol. The maximum atomic E-state index is 12.3. The number of carboxylic acids is 1. The number of fused-ring (bicyclic) bond motifs is 1. The van der Waals surface area contributed by atoms with Crippen molar-refractivity contribution in [3.8, 4) is 0 Å². The van der Waals surface area contributed by atoms with Gasteiger partial charge in [0, 0.05) is 5.69 Å². The minimum Gasteiger partial charge on any atom is -0.477 e. The molecule has 0 spiro atoms. The van der Waals surface area contributed by atoms with Gasteiger partial charge in [-0.15, -0.1) is 11.3 Å². The van der Waals surface area contributed by atoms with Crippen molar-refractivity contribution in [3.05, 3.63) is 57.9 Å². The molecule has 28 heavy (non-hydrogen) atoms. The first kappa shape index (κ1) is 18.4. The molecule has 0 saturated carbocycles. The number of carbonyl (C=O) groups excluding carboxylic acids is 2. The molecule has 2 aliphatic heterocycles. The Hall–Kier alpha value is -2.97.